The Labute approximate surface area is 495 Å². The van der Waals surface area contributed by atoms with Crippen LogP contribution in [0.5, 0.6) is 0 Å². The molecule has 1 saturated carbocycles. The van der Waals surface area contributed by atoms with Gasteiger partial charge in [-0.15, -0.1) is 0 Å². The summed E-state index contributed by atoms with van der Waals surface area (Å²) < 4.78 is 7.14. The Balaban J connectivity index is 1.01. The summed E-state index contributed by atoms with van der Waals surface area (Å²) in [5.74, 6) is 0. The Morgan fingerprint density at radius 2 is 1.02 bits per heavy atom. The topological polar surface area (TPSA) is 22.9 Å². The average Bonchev–Trinajstić information content (AvgIpc) is 1.64. The van der Waals surface area contributed by atoms with Gasteiger partial charge in [-0.05, 0) is 219 Å². The number of fused-ring (bicyclic) bond motifs is 12. The fourth-order valence-corrected chi connectivity index (χ4v) is 17.2. The first-order valence-corrected chi connectivity index (χ1v) is 31.5. The first kappa shape index (κ1) is 52.8. The van der Waals surface area contributed by atoms with Gasteiger partial charge in [-0.1, -0.05) is 175 Å². The number of hydrogen-bond acceptors (Lipinski definition) is 4. The van der Waals surface area contributed by atoms with Gasteiger partial charge < -0.3 is 19.1 Å². The van der Waals surface area contributed by atoms with Crippen molar-refractivity contribution in [3.63, 3.8) is 0 Å². The van der Waals surface area contributed by atoms with Gasteiger partial charge in [0.25, 0.3) is 6.71 Å². The molecule has 0 amide bonds. The number of hydrogen-bond donors (Lipinski definition) is 0. The molecule has 1 fully saturated rings. The van der Waals surface area contributed by atoms with Gasteiger partial charge in [0.2, 0.25) is 0 Å². The predicted molar refractivity (Wildman–Crippen MR) is 355 cm³/mol. The van der Waals surface area contributed by atoms with Gasteiger partial charge in [-0.2, -0.15) is 0 Å². The van der Waals surface area contributed by atoms with Crippen molar-refractivity contribution in [2.24, 2.45) is 0 Å². The SMILES string of the molecule is Cc1cc2c3c(c1)N(c1cccc4c1oc1ccccc14)c1cc(N4c5ccc(-c6ccc(C(C)(C)C)cc6)cc5C5(C)CCCCC45C)ccc1B3c1cc3c(cc1N2c1cc2c(cc1C)C(C)(C)CCC2(C)C)C(C)(C)CCC3(C)C. The van der Waals surface area contributed by atoms with E-state index in [0.717, 1.165) is 53.3 Å². The Morgan fingerprint density at radius 3 is 1.70 bits per heavy atom. The van der Waals surface area contributed by atoms with E-state index in [0.29, 0.717) is 0 Å². The largest absolute Gasteiger partial charge is 0.454 e. The third-order valence-electron chi connectivity index (χ3n) is 22.7. The zero-order valence-corrected chi connectivity index (χ0v) is 52.3. The van der Waals surface area contributed by atoms with Crippen LogP contribution in [-0.4, -0.2) is 12.3 Å². The van der Waals surface area contributed by atoms with Crippen molar-refractivity contribution in [1.29, 1.82) is 0 Å². The van der Waals surface area contributed by atoms with E-state index >= 15 is 0 Å². The summed E-state index contributed by atoms with van der Waals surface area (Å²) in [7, 11) is 0. The fraction of sp³-hybridized carbons (Fsp3) is 0.385. The van der Waals surface area contributed by atoms with Crippen molar-refractivity contribution in [3.05, 3.63) is 184 Å². The van der Waals surface area contributed by atoms with Crippen molar-refractivity contribution in [2.75, 3.05) is 14.7 Å². The number of rotatable bonds is 4. The molecule has 4 nitrogen and oxygen atoms in total. The summed E-state index contributed by atoms with van der Waals surface area (Å²) in [6.45, 7) is 36.7. The lowest BCUT2D eigenvalue weighted by Crippen LogP contribution is -2.62. The van der Waals surface area contributed by atoms with E-state index in [1.54, 1.807) is 0 Å². The van der Waals surface area contributed by atoms with Gasteiger partial charge in [0, 0.05) is 56.0 Å². The van der Waals surface area contributed by atoms with E-state index < -0.39 is 0 Å². The second kappa shape index (κ2) is 17.3. The van der Waals surface area contributed by atoms with Crippen molar-refractivity contribution >= 4 is 90.5 Å². The monoisotopic (exact) mass is 1090 g/mol. The normalized spacial score (nSPS) is 22.2. The molecule has 2 unspecified atom stereocenters. The highest BCUT2D eigenvalue weighted by molar-refractivity contribution is 7.00. The molecule has 2 atom stereocenters. The van der Waals surface area contributed by atoms with Crippen LogP contribution in [0.25, 0.3) is 33.1 Å². The lowest BCUT2D eigenvalue weighted by atomic mass is 9.33. The molecule has 5 heteroatoms. The smallest absolute Gasteiger partial charge is 0.252 e. The first-order valence-electron chi connectivity index (χ1n) is 31.5. The van der Waals surface area contributed by atoms with Crippen molar-refractivity contribution in [3.8, 4) is 11.1 Å². The third kappa shape index (κ3) is 7.43. The average molecular weight is 1090 g/mol. The summed E-state index contributed by atoms with van der Waals surface area (Å²) in [5, 5.41) is 2.28. The Kier molecular flexibility index (Phi) is 11.0. The number of para-hydroxylation sites is 2. The van der Waals surface area contributed by atoms with Gasteiger partial charge in [0.1, 0.15) is 5.58 Å². The van der Waals surface area contributed by atoms with Crippen molar-refractivity contribution in [1.82, 2.24) is 0 Å². The minimum Gasteiger partial charge on any atom is -0.454 e. The summed E-state index contributed by atoms with van der Waals surface area (Å²) in [6.07, 6.45) is 9.40. The number of benzene rings is 8. The van der Waals surface area contributed by atoms with Crippen LogP contribution in [0.3, 0.4) is 0 Å². The van der Waals surface area contributed by atoms with Gasteiger partial charge in [0.15, 0.2) is 5.58 Å². The molecule has 0 bridgehead atoms. The molecule has 420 valence electrons. The van der Waals surface area contributed by atoms with Crippen LogP contribution in [0.2, 0.25) is 0 Å². The number of aryl methyl sites for hydroxylation is 2. The fourth-order valence-electron chi connectivity index (χ4n) is 17.2. The molecule has 0 saturated heterocycles. The molecule has 9 aromatic rings. The minimum absolute atomic E-state index is 0.0176. The second-order valence-electron chi connectivity index (χ2n) is 30.7. The molecule has 0 radical (unpaired) electrons. The molecule has 0 N–H and O–H groups in total. The molecule has 4 heterocycles. The first-order chi connectivity index (χ1) is 39.3. The van der Waals surface area contributed by atoms with Crippen LogP contribution >= 0.6 is 0 Å². The van der Waals surface area contributed by atoms with Gasteiger partial charge in [-0.25, -0.2) is 0 Å². The maximum absolute atomic E-state index is 7.14. The van der Waals surface area contributed by atoms with Crippen LogP contribution in [0, 0.1) is 13.8 Å². The number of nitrogens with zero attached hydrogens (tertiary/aromatic N) is 3. The molecule has 6 aliphatic rings. The number of anilines is 8. The Bertz CT molecular complexity index is 4240. The summed E-state index contributed by atoms with van der Waals surface area (Å²) in [5.41, 5.74) is 30.0. The van der Waals surface area contributed by atoms with Crippen molar-refractivity contribution < 1.29 is 4.42 Å². The van der Waals surface area contributed by atoms with E-state index in [1.165, 1.54) is 138 Å². The second-order valence-corrected chi connectivity index (χ2v) is 30.7. The van der Waals surface area contributed by atoms with E-state index in [4.69, 9.17) is 4.42 Å². The molecule has 8 aromatic carbocycles. The van der Waals surface area contributed by atoms with E-state index in [-0.39, 0.29) is 44.7 Å². The molecule has 3 aliphatic carbocycles. The Hall–Kier alpha value is -6.98. The highest BCUT2D eigenvalue weighted by atomic mass is 16.3. The highest BCUT2D eigenvalue weighted by Crippen LogP contribution is 2.62. The van der Waals surface area contributed by atoms with Crippen LogP contribution in [0.15, 0.2) is 144 Å². The van der Waals surface area contributed by atoms with E-state index in [2.05, 4.69) is 258 Å². The van der Waals surface area contributed by atoms with E-state index in [9.17, 15) is 0 Å². The molecule has 83 heavy (non-hydrogen) atoms. The molecular weight excluding hydrogens is 1010 g/mol. The van der Waals surface area contributed by atoms with Crippen LogP contribution in [0.1, 0.15) is 186 Å². The predicted octanol–water partition coefficient (Wildman–Crippen LogP) is 19.7. The zero-order chi connectivity index (χ0) is 57.9. The quantitative estimate of drug-likeness (QED) is 0.164. The molecule has 15 rings (SSSR count). The Morgan fingerprint density at radius 1 is 0.446 bits per heavy atom. The summed E-state index contributed by atoms with van der Waals surface area (Å²) >= 11 is 0. The lowest BCUT2D eigenvalue weighted by Gasteiger charge is -2.51. The van der Waals surface area contributed by atoms with Crippen LogP contribution in [-0.2, 0) is 32.5 Å². The van der Waals surface area contributed by atoms with Gasteiger partial charge in [0.05, 0.1) is 11.2 Å². The number of furan rings is 1. The van der Waals surface area contributed by atoms with Gasteiger partial charge >= 0.3 is 0 Å². The lowest BCUT2D eigenvalue weighted by molar-refractivity contribution is 0.195. The summed E-state index contributed by atoms with van der Waals surface area (Å²) in [4.78, 5) is 8.17. The minimum atomic E-state index is -0.150. The zero-order valence-electron chi connectivity index (χ0n) is 52.3. The molecule has 3 aliphatic heterocycles. The molecule has 0 spiro atoms. The maximum atomic E-state index is 7.14. The van der Waals surface area contributed by atoms with Gasteiger partial charge in [-0.3, -0.25) is 0 Å². The highest BCUT2D eigenvalue weighted by Gasteiger charge is 2.58. The van der Waals surface area contributed by atoms with Crippen LogP contribution < -0.4 is 31.1 Å². The van der Waals surface area contributed by atoms with Crippen molar-refractivity contribution in [2.45, 2.75) is 193 Å². The summed E-state index contributed by atoms with van der Waals surface area (Å²) in [6, 6.07) is 55.5. The maximum Gasteiger partial charge on any atom is 0.252 e. The third-order valence-corrected chi connectivity index (χ3v) is 22.7. The standard InChI is InChI=1S/C78H84BN3O/c1-47-39-67-70-68(40-47)81(64-45-57-55(41-48(64)2)73(6,7)35-37-75(57,10)11)66-46-58-56(74(8,9)36-38-76(58,12)13)44-61(66)79(70)60-31-30-52(43-65(60)80(67)63-23-20-22-54-53-21-16-17-24-69(53)83-71(54)63)82-62-32-27-50(49-25-28-51(29-26-49)72(3,4)5)42-59(62)77(14)33-18-19-34-78(77,82)15/h16-17,20-32,39-46H,18-19,33-38H2,1-15H3. The van der Waals surface area contributed by atoms with Crippen LogP contribution in [0.4, 0.5) is 45.5 Å². The van der Waals surface area contributed by atoms with E-state index in [1.807, 2.05) is 0 Å². The molecular formula is C78H84BN3O. The molecule has 1 aromatic heterocycles.